The average Bonchev–Trinajstić information content (AvgIpc) is 3.47. The van der Waals surface area contributed by atoms with E-state index in [1.165, 1.54) is 14.2 Å². The van der Waals surface area contributed by atoms with Gasteiger partial charge >= 0.3 is 0 Å². The highest BCUT2D eigenvalue weighted by atomic mass is 16.5. The van der Waals surface area contributed by atoms with Gasteiger partial charge < -0.3 is 14.6 Å². The van der Waals surface area contributed by atoms with Gasteiger partial charge in [-0.15, -0.1) is 0 Å². The number of imide groups is 2. The molecule has 0 aromatic heterocycles. The summed E-state index contributed by atoms with van der Waals surface area (Å²) in [4.78, 5) is 59.5. The number of fused-ring (bicyclic) bond motifs is 4. The van der Waals surface area contributed by atoms with Crippen LogP contribution in [0.2, 0.25) is 0 Å². The largest absolute Gasteiger partial charge is 0.502 e. The van der Waals surface area contributed by atoms with Gasteiger partial charge in [0.25, 0.3) is 0 Å². The molecule has 0 radical (unpaired) electrons. The molecule has 6 atom stereocenters. The number of hydrogen-bond donors (Lipinski definition) is 1. The van der Waals surface area contributed by atoms with Crippen LogP contribution in [0.4, 0.5) is 0 Å². The molecule has 0 spiro atoms. The van der Waals surface area contributed by atoms with Crippen molar-refractivity contribution in [1.82, 2.24) is 9.80 Å². The highest BCUT2D eigenvalue weighted by molar-refractivity contribution is 6.08. The van der Waals surface area contributed by atoms with Crippen molar-refractivity contribution in [2.45, 2.75) is 89.1 Å². The van der Waals surface area contributed by atoms with Gasteiger partial charge in [0.1, 0.15) is 0 Å². The zero-order chi connectivity index (χ0) is 31.4. The number of amides is 4. The standard InChI is InChI=1S/C36H44N2O7/c1-44-28-17-20(18-29(45-2)32(28)39)13-14-24-23-15-16-25-31(36(43)37(33(25)40)21-9-5-3-6-10-21)26(23)19-27-30(24)35(42)38(34(27)41)22-11-7-4-8-12-22/h13-15,17-18,21-22,24-27,30-31,39H,3-12,16,19H2,1-2H3/t24-,25-,26+,27+,30-,31-/m0/s1. The van der Waals surface area contributed by atoms with E-state index in [4.69, 9.17) is 9.47 Å². The van der Waals surface area contributed by atoms with Crippen molar-refractivity contribution in [2.24, 2.45) is 35.5 Å². The number of hydrogen-bond acceptors (Lipinski definition) is 7. The van der Waals surface area contributed by atoms with Crippen LogP contribution in [0.25, 0.3) is 6.08 Å². The lowest BCUT2D eigenvalue weighted by molar-refractivity contribution is -0.145. The minimum atomic E-state index is -0.544. The lowest BCUT2D eigenvalue weighted by Gasteiger charge is -2.43. The van der Waals surface area contributed by atoms with Gasteiger partial charge in [-0.3, -0.25) is 29.0 Å². The number of methoxy groups -OCH3 is 2. The Kier molecular flexibility index (Phi) is 7.98. The van der Waals surface area contributed by atoms with E-state index in [-0.39, 0.29) is 58.9 Å². The lowest BCUT2D eigenvalue weighted by atomic mass is 9.58. The van der Waals surface area contributed by atoms with Crippen LogP contribution >= 0.6 is 0 Å². The molecule has 0 bridgehead atoms. The van der Waals surface area contributed by atoms with Crippen molar-refractivity contribution in [3.05, 3.63) is 35.4 Å². The molecule has 2 aliphatic heterocycles. The number of aromatic hydroxyl groups is 1. The molecule has 9 nitrogen and oxygen atoms in total. The minimum Gasteiger partial charge on any atom is -0.502 e. The number of carbonyl (C=O) groups is 4. The fourth-order valence-electron chi connectivity index (χ4n) is 9.52. The number of carbonyl (C=O) groups excluding carboxylic acids is 4. The zero-order valence-electron chi connectivity index (χ0n) is 26.3. The van der Waals surface area contributed by atoms with Crippen molar-refractivity contribution in [3.8, 4) is 17.2 Å². The van der Waals surface area contributed by atoms with Crippen molar-refractivity contribution in [3.63, 3.8) is 0 Å². The van der Waals surface area contributed by atoms with Crippen LogP contribution in [0, 0.1) is 35.5 Å². The summed E-state index contributed by atoms with van der Waals surface area (Å²) >= 11 is 0. The van der Waals surface area contributed by atoms with Gasteiger partial charge in [-0.2, -0.15) is 0 Å². The molecule has 2 heterocycles. The van der Waals surface area contributed by atoms with Crippen molar-refractivity contribution < 1.29 is 33.8 Å². The number of phenols is 1. The molecular formula is C36H44N2O7. The van der Waals surface area contributed by atoms with E-state index >= 15 is 0 Å². The van der Waals surface area contributed by atoms with Gasteiger partial charge in [-0.1, -0.05) is 62.3 Å². The zero-order valence-corrected chi connectivity index (χ0v) is 26.3. The fraction of sp³-hybridized carbons (Fsp3) is 0.611. The Balaban J connectivity index is 1.27. The van der Waals surface area contributed by atoms with E-state index in [1.807, 2.05) is 12.2 Å². The number of benzene rings is 1. The van der Waals surface area contributed by atoms with Crippen LogP contribution in [0.15, 0.2) is 29.9 Å². The molecule has 1 aromatic carbocycles. The molecule has 4 aliphatic carbocycles. The Labute approximate surface area is 264 Å². The Hall–Kier alpha value is -3.62. The molecular weight excluding hydrogens is 572 g/mol. The number of ether oxygens (including phenoxy) is 2. The van der Waals surface area contributed by atoms with Crippen LogP contribution in [-0.2, 0) is 19.2 Å². The Morgan fingerprint density at radius 2 is 1.24 bits per heavy atom. The molecule has 45 heavy (non-hydrogen) atoms. The predicted molar refractivity (Wildman–Crippen MR) is 166 cm³/mol. The maximum Gasteiger partial charge on any atom is 0.234 e. The van der Waals surface area contributed by atoms with Gasteiger partial charge in [0, 0.05) is 18.0 Å². The van der Waals surface area contributed by atoms with E-state index in [0.717, 1.165) is 69.8 Å². The van der Waals surface area contributed by atoms with Gasteiger partial charge in [-0.05, 0) is 62.1 Å². The van der Waals surface area contributed by atoms with E-state index in [0.29, 0.717) is 18.4 Å². The van der Waals surface area contributed by atoms with Crippen LogP contribution in [0.5, 0.6) is 17.2 Å². The number of nitrogens with zero attached hydrogens (tertiary/aromatic N) is 2. The fourth-order valence-corrected chi connectivity index (χ4v) is 9.52. The van der Waals surface area contributed by atoms with Gasteiger partial charge in [0.15, 0.2) is 11.5 Å². The van der Waals surface area contributed by atoms with Crippen LogP contribution in [0.3, 0.4) is 0 Å². The highest BCUT2D eigenvalue weighted by Crippen LogP contribution is 2.56. The molecule has 1 N–H and O–H groups in total. The second kappa shape index (κ2) is 12.0. The topological polar surface area (TPSA) is 113 Å². The first-order chi connectivity index (χ1) is 21.8. The molecule has 1 aromatic rings. The molecule has 240 valence electrons. The van der Waals surface area contributed by atoms with Crippen molar-refractivity contribution >= 4 is 29.7 Å². The maximum atomic E-state index is 14.2. The number of allylic oxidation sites excluding steroid dienone is 3. The lowest BCUT2D eigenvalue weighted by Crippen LogP contribution is -2.44. The van der Waals surface area contributed by atoms with E-state index < -0.39 is 29.6 Å². The molecule has 4 amide bonds. The molecule has 3 saturated carbocycles. The third-order valence-corrected chi connectivity index (χ3v) is 11.6. The number of likely N-dealkylation sites (tertiary alicyclic amines) is 2. The van der Waals surface area contributed by atoms with Crippen molar-refractivity contribution in [2.75, 3.05) is 14.2 Å². The molecule has 7 rings (SSSR count). The highest BCUT2D eigenvalue weighted by Gasteiger charge is 2.62. The second-order valence-corrected chi connectivity index (χ2v) is 13.9. The van der Waals surface area contributed by atoms with E-state index in [1.54, 1.807) is 21.9 Å². The van der Waals surface area contributed by atoms with Crippen LogP contribution < -0.4 is 9.47 Å². The predicted octanol–water partition coefficient (Wildman–Crippen LogP) is 5.26. The van der Waals surface area contributed by atoms with Crippen LogP contribution in [0.1, 0.15) is 82.6 Å². The third kappa shape index (κ3) is 4.88. The third-order valence-electron chi connectivity index (χ3n) is 11.6. The molecule has 2 saturated heterocycles. The first-order valence-electron chi connectivity index (χ1n) is 16.9. The molecule has 6 aliphatic rings. The van der Waals surface area contributed by atoms with Gasteiger partial charge in [0.05, 0.1) is 37.9 Å². The normalized spacial score (nSPS) is 32.5. The first-order valence-corrected chi connectivity index (χ1v) is 16.9. The molecule has 0 unspecified atom stereocenters. The summed E-state index contributed by atoms with van der Waals surface area (Å²) in [6.45, 7) is 0. The first kappa shape index (κ1) is 30.1. The average molecular weight is 617 g/mol. The van der Waals surface area contributed by atoms with Crippen LogP contribution in [-0.4, -0.2) is 64.8 Å². The molecule has 9 heteroatoms. The van der Waals surface area contributed by atoms with E-state index in [9.17, 15) is 24.3 Å². The Morgan fingerprint density at radius 3 is 1.80 bits per heavy atom. The maximum absolute atomic E-state index is 14.2. The second-order valence-electron chi connectivity index (χ2n) is 13.9. The number of rotatable bonds is 6. The monoisotopic (exact) mass is 616 g/mol. The Bertz CT molecular complexity index is 1430. The summed E-state index contributed by atoms with van der Waals surface area (Å²) in [5.74, 6) is -2.53. The summed E-state index contributed by atoms with van der Waals surface area (Å²) in [5, 5.41) is 10.4. The van der Waals surface area contributed by atoms with Gasteiger partial charge in [0.2, 0.25) is 29.4 Å². The summed E-state index contributed by atoms with van der Waals surface area (Å²) in [6, 6.07) is 3.30. The summed E-state index contributed by atoms with van der Waals surface area (Å²) in [5.41, 5.74) is 1.72. The van der Waals surface area contributed by atoms with Crippen molar-refractivity contribution in [1.29, 1.82) is 0 Å². The Morgan fingerprint density at radius 1 is 0.711 bits per heavy atom. The van der Waals surface area contributed by atoms with Gasteiger partial charge in [-0.25, -0.2) is 0 Å². The smallest absolute Gasteiger partial charge is 0.234 e. The summed E-state index contributed by atoms with van der Waals surface area (Å²) in [7, 11) is 2.95. The SMILES string of the molecule is COc1cc(C=C[C@H]2C3=CC[C@@H]4C(=O)N(C5CCCCC5)C(=O)[C@@H]4[C@@H]3C[C@H]3C(=O)N(C4CCCCC4)C(=O)[C@@H]23)cc(OC)c1O. The summed E-state index contributed by atoms with van der Waals surface area (Å²) < 4.78 is 10.7. The number of phenolic OH excluding ortho intramolecular Hbond substituents is 1. The minimum absolute atomic E-state index is 0.0317. The molecule has 5 fully saturated rings. The summed E-state index contributed by atoms with van der Waals surface area (Å²) in [6.07, 6.45) is 16.6. The quantitative estimate of drug-likeness (QED) is 0.343. The van der Waals surface area contributed by atoms with E-state index in [2.05, 4.69) is 6.08 Å².